The standard InChI is InChI=1S/C24H30N2O5S/c1-32(28,29)20-7-5-16(6-8-20)21-13-18-14-22(31-23(18)15-25-21)17-9-11-26(12-10-17)24(27)30-19-3-2-4-19/h5-8,13,15,17,19,22,28-29H,2-4,9-12,14H2,1H3. The zero-order valence-corrected chi connectivity index (χ0v) is 19.1. The Kier molecular flexibility index (Phi) is 5.77. The average molecular weight is 459 g/mol. The number of aromatic nitrogens is 1. The van der Waals surface area contributed by atoms with Gasteiger partial charge in [0, 0.05) is 36.9 Å². The SMILES string of the molecule is CS(O)(O)c1ccc(-c2cc3c(cn2)OC(C2CCN(C(=O)OC4CCC4)CC2)C3)cc1. The first-order valence-electron chi connectivity index (χ1n) is 11.3. The highest BCUT2D eigenvalue weighted by atomic mass is 32.3. The summed E-state index contributed by atoms with van der Waals surface area (Å²) in [4.78, 5) is 19.2. The first-order valence-corrected chi connectivity index (χ1v) is 13.3. The van der Waals surface area contributed by atoms with Crippen LogP contribution in [0.5, 0.6) is 5.75 Å². The van der Waals surface area contributed by atoms with Gasteiger partial charge in [-0.2, -0.15) is 10.6 Å². The van der Waals surface area contributed by atoms with Crippen LogP contribution in [0.1, 0.15) is 37.7 Å². The van der Waals surface area contributed by atoms with E-state index in [9.17, 15) is 13.9 Å². The summed E-state index contributed by atoms with van der Waals surface area (Å²) in [5.41, 5.74) is 2.93. The molecule has 1 amide bonds. The summed E-state index contributed by atoms with van der Waals surface area (Å²) in [6.45, 7) is 1.44. The van der Waals surface area contributed by atoms with E-state index in [2.05, 4.69) is 11.1 Å². The molecule has 32 heavy (non-hydrogen) atoms. The molecule has 2 N–H and O–H groups in total. The molecule has 2 aliphatic heterocycles. The fourth-order valence-corrected chi connectivity index (χ4v) is 5.29. The number of amides is 1. The van der Waals surface area contributed by atoms with E-state index in [-0.39, 0.29) is 18.3 Å². The van der Waals surface area contributed by atoms with Crippen LogP contribution in [0.25, 0.3) is 11.3 Å². The lowest BCUT2D eigenvalue weighted by Gasteiger charge is -2.35. The summed E-state index contributed by atoms with van der Waals surface area (Å²) in [5, 5.41) is 0. The molecule has 172 valence electrons. The van der Waals surface area contributed by atoms with E-state index < -0.39 is 10.6 Å². The van der Waals surface area contributed by atoms with Gasteiger partial charge < -0.3 is 14.4 Å². The van der Waals surface area contributed by atoms with E-state index in [1.54, 1.807) is 18.3 Å². The molecule has 3 aliphatic rings. The quantitative estimate of drug-likeness (QED) is 0.655. The molecule has 1 saturated carbocycles. The Bertz CT molecular complexity index is 979. The van der Waals surface area contributed by atoms with E-state index in [0.29, 0.717) is 10.8 Å². The molecule has 2 aromatic rings. The summed E-state index contributed by atoms with van der Waals surface area (Å²) >= 11 is 0. The third-order valence-electron chi connectivity index (χ3n) is 6.89. The van der Waals surface area contributed by atoms with E-state index >= 15 is 0 Å². The van der Waals surface area contributed by atoms with E-state index in [0.717, 1.165) is 74.2 Å². The van der Waals surface area contributed by atoms with Gasteiger partial charge in [-0.05, 0) is 56.2 Å². The third kappa shape index (κ3) is 4.44. The summed E-state index contributed by atoms with van der Waals surface area (Å²) in [5.74, 6) is 1.25. The number of hydrogen-bond donors (Lipinski definition) is 2. The molecular weight excluding hydrogens is 428 g/mol. The van der Waals surface area contributed by atoms with Crippen molar-refractivity contribution in [2.24, 2.45) is 5.92 Å². The van der Waals surface area contributed by atoms with Crippen molar-refractivity contribution in [3.05, 3.63) is 42.1 Å². The maximum absolute atomic E-state index is 12.3. The van der Waals surface area contributed by atoms with Gasteiger partial charge in [0.15, 0.2) is 0 Å². The van der Waals surface area contributed by atoms with Crippen molar-refractivity contribution < 1.29 is 23.4 Å². The predicted molar refractivity (Wildman–Crippen MR) is 123 cm³/mol. The lowest BCUT2D eigenvalue weighted by Crippen LogP contribution is -2.44. The molecule has 0 radical (unpaired) electrons. The number of likely N-dealkylation sites (tertiary alicyclic amines) is 1. The molecular formula is C24H30N2O5S. The van der Waals surface area contributed by atoms with E-state index in [1.807, 2.05) is 17.0 Å². The van der Waals surface area contributed by atoms with Gasteiger partial charge in [0.2, 0.25) is 0 Å². The lowest BCUT2D eigenvalue weighted by atomic mass is 9.89. The molecule has 7 nitrogen and oxygen atoms in total. The number of carbonyl (C=O) groups is 1. The number of rotatable bonds is 4. The van der Waals surface area contributed by atoms with Crippen molar-refractivity contribution >= 4 is 16.7 Å². The lowest BCUT2D eigenvalue weighted by molar-refractivity contribution is 0.0146. The minimum atomic E-state index is -2.72. The highest BCUT2D eigenvalue weighted by molar-refractivity contribution is 8.23. The van der Waals surface area contributed by atoms with Crippen LogP contribution in [0.3, 0.4) is 0 Å². The van der Waals surface area contributed by atoms with Crippen molar-refractivity contribution in [3.8, 4) is 17.0 Å². The number of hydrogen-bond acceptors (Lipinski definition) is 6. The van der Waals surface area contributed by atoms with E-state index in [1.165, 1.54) is 6.26 Å². The fourth-order valence-electron chi connectivity index (χ4n) is 4.64. The summed E-state index contributed by atoms with van der Waals surface area (Å²) in [7, 11) is -2.72. The molecule has 8 heteroatoms. The van der Waals surface area contributed by atoms with Gasteiger partial charge in [0.25, 0.3) is 0 Å². The predicted octanol–water partition coefficient (Wildman–Crippen LogP) is 5.19. The number of ether oxygens (including phenoxy) is 2. The number of benzene rings is 1. The highest BCUT2D eigenvalue weighted by Gasteiger charge is 2.35. The zero-order chi connectivity index (χ0) is 22.3. The monoisotopic (exact) mass is 458 g/mol. The Balaban J connectivity index is 1.19. The molecule has 3 heterocycles. The Morgan fingerprint density at radius 1 is 1.16 bits per heavy atom. The van der Waals surface area contributed by atoms with Gasteiger partial charge in [-0.3, -0.25) is 14.1 Å². The molecule has 0 bridgehead atoms. The normalized spacial score (nSPS) is 22.1. The van der Waals surface area contributed by atoms with Crippen molar-refractivity contribution in [1.29, 1.82) is 0 Å². The summed E-state index contributed by atoms with van der Waals surface area (Å²) < 4.78 is 31.4. The second-order valence-corrected chi connectivity index (χ2v) is 11.3. The number of fused-ring (bicyclic) bond motifs is 1. The van der Waals surface area contributed by atoms with Gasteiger partial charge in [-0.25, -0.2) is 4.79 Å². The average Bonchev–Trinajstić information content (AvgIpc) is 3.19. The summed E-state index contributed by atoms with van der Waals surface area (Å²) in [6, 6.07) is 9.28. The number of nitrogens with zero attached hydrogens (tertiary/aromatic N) is 2. The van der Waals surface area contributed by atoms with Gasteiger partial charge in [0.1, 0.15) is 18.0 Å². The van der Waals surface area contributed by atoms with Crippen molar-refractivity contribution in [2.75, 3.05) is 19.3 Å². The van der Waals surface area contributed by atoms with Crippen LogP contribution in [0.2, 0.25) is 0 Å². The van der Waals surface area contributed by atoms with Crippen molar-refractivity contribution in [2.45, 2.75) is 55.6 Å². The molecule has 5 rings (SSSR count). The van der Waals surface area contributed by atoms with Gasteiger partial charge in [-0.15, -0.1) is 0 Å². The molecule has 1 saturated heterocycles. The molecule has 0 spiro atoms. The van der Waals surface area contributed by atoms with Crippen LogP contribution in [0, 0.1) is 5.92 Å². The van der Waals surface area contributed by atoms with Crippen LogP contribution in [0.4, 0.5) is 4.79 Å². The molecule has 1 aliphatic carbocycles. The Hall–Kier alpha value is -2.29. The topological polar surface area (TPSA) is 92.1 Å². The van der Waals surface area contributed by atoms with Crippen LogP contribution in [-0.2, 0) is 11.2 Å². The van der Waals surface area contributed by atoms with Crippen molar-refractivity contribution in [1.82, 2.24) is 9.88 Å². The van der Waals surface area contributed by atoms with Crippen LogP contribution in [0.15, 0.2) is 41.4 Å². The largest absolute Gasteiger partial charge is 0.488 e. The van der Waals surface area contributed by atoms with Crippen LogP contribution in [-0.4, -0.2) is 56.6 Å². The number of carbonyl (C=O) groups excluding carboxylic acids is 1. The molecule has 2 fully saturated rings. The second kappa shape index (κ2) is 8.57. The fraction of sp³-hybridized carbons (Fsp3) is 0.500. The molecule has 1 aromatic heterocycles. The maximum Gasteiger partial charge on any atom is 0.410 e. The Morgan fingerprint density at radius 2 is 1.88 bits per heavy atom. The molecule has 1 unspecified atom stereocenters. The maximum atomic E-state index is 12.3. The number of piperidine rings is 1. The summed E-state index contributed by atoms with van der Waals surface area (Å²) in [6.07, 6.45) is 9.14. The first-order chi connectivity index (χ1) is 15.4. The minimum absolute atomic E-state index is 0.113. The third-order valence-corrected chi connectivity index (χ3v) is 8.05. The highest BCUT2D eigenvalue weighted by Crippen LogP contribution is 2.44. The molecule has 1 atom stereocenters. The van der Waals surface area contributed by atoms with Gasteiger partial charge >= 0.3 is 6.09 Å². The second-order valence-electron chi connectivity index (χ2n) is 9.16. The smallest absolute Gasteiger partial charge is 0.410 e. The van der Waals surface area contributed by atoms with Gasteiger partial charge in [-0.1, -0.05) is 12.1 Å². The Labute approximate surface area is 190 Å². The first kappa shape index (κ1) is 21.6. The minimum Gasteiger partial charge on any atom is -0.488 e. The Morgan fingerprint density at radius 3 is 2.50 bits per heavy atom. The van der Waals surface area contributed by atoms with Crippen LogP contribution < -0.4 is 4.74 Å². The number of pyridine rings is 1. The van der Waals surface area contributed by atoms with E-state index in [4.69, 9.17) is 9.47 Å². The van der Waals surface area contributed by atoms with Crippen molar-refractivity contribution in [3.63, 3.8) is 0 Å². The van der Waals surface area contributed by atoms with Gasteiger partial charge in [0.05, 0.1) is 16.8 Å². The van der Waals surface area contributed by atoms with Crippen LogP contribution >= 0.6 is 10.6 Å². The zero-order valence-electron chi connectivity index (χ0n) is 18.3. The molecule has 1 aromatic carbocycles.